The average Bonchev–Trinajstić information content (AvgIpc) is 2.78. The molecule has 1 amide bonds. The minimum atomic E-state index is -0.0874. The maximum atomic E-state index is 11.8. The fraction of sp³-hybridized carbons (Fsp3) is 0.778. The summed E-state index contributed by atoms with van der Waals surface area (Å²) in [5.41, 5.74) is 0. The van der Waals surface area contributed by atoms with Crippen LogP contribution in [0.3, 0.4) is 0 Å². The Balaban J connectivity index is 1.79. The zero-order chi connectivity index (χ0) is 11.4. The van der Waals surface area contributed by atoms with Gasteiger partial charge >= 0.3 is 0 Å². The number of nitrogens with zero attached hydrogens (tertiary/aromatic N) is 3. The zero-order valence-electron chi connectivity index (χ0n) is 9.23. The molecule has 88 valence electrons. The second-order valence-corrected chi connectivity index (χ2v) is 4.18. The molecule has 2 rings (SSSR count). The van der Waals surface area contributed by atoms with Crippen molar-refractivity contribution in [3.05, 3.63) is 5.82 Å². The number of amides is 1. The second-order valence-electron chi connectivity index (χ2n) is 4.18. The second kappa shape index (κ2) is 5.02. The average molecular weight is 224 g/mol. The van der Waals surface area contributed by atoms with E-state index in [-0.39, 0.29) is 11.9 Å². The molecule has 0 spiro atoms. The summed E-state index contributed by atoms with van der Waals surface area (Å²) < 4.78 is 0. The Morgan fingerprint density at radius 2 is 2.50 bits per heavy atom. The molecule has 7 nitrogen and oxygen atoms in total. The van der Waals surface area contributed by atoms with Crippen LogP contribution in [0.15, 0.2) is 0 Å². The van der Waals surface area contributed by atoms with Crippen molar-refractivity contribution in [3.63, 3.8) is 0 Å². The van der Waals surface area contributed by atoms with Crippen LogP contribution in [0.4, 0.5) is 0 Å². The van der Waals surface area contributed by atoms with E-state index in [0.717, 1.165) is 19.4 Å². The van der Waals surface area contributed by atoms with Gasteiger partial charge in [-0.1, -0.05) is 12.1 Å². The van der Waals surface area contributed by atoms with E-state index in [1.54, 1.807) is 0 Å². The van der Waals surface area contributed by atoms with Gasteiger partial charge in [-0.2, -0.15) is 5.21 Å². The van der Waals surface area contributed by atoms with Crippen LogP contribution in [-0.4, -0.2) is 39.1 Å². The Morgan fingerprint density at radius 1 is 1.62 bits per heavy atom. The molecule has 2 atom stereocenters. The van der Waals surface area contributed by atoms with Crippen molar-refractivity contribution in [1.29, 1.82) is 0 Å². The summed E-state index contributed by atoms with van der Waals surface area (Å²) in [6.07, 6.45) is 2.02. The number of aromatic nitrogens is 4. The molecule has 2 heterocycles. The fourth-order valence-electron chi connectivity index (χ4n) is 1.85. The monoisotopic (exact) mass is 224 g/mol. The van der Waals surface area contributed by atoms with Crippen LogP contribution in [0, 0.1) is 5.92 Å². The Bertz CT molecular complexity index is 338. The van der Waals surface area contributed by atoms with Gasteiger partial charge in [-0.25, -0.2) is 0 Å². The van der Waals surface area contributed by atoms with Crippen molar-refractivity contribution in [2.24, 2.45) is 5.92 Å². The lowest BCUT2D eigenvalue weighted by Gasteiger charge is -2.26. The lowest BCUT2D eigenvalue weighted by molar-refractivity contribution is -0.124. The lowest BCUT2D eigenvalue weighted by Crippen LogP contribution is -2.48. The van der Waals surface area contributed by atoms with Gasteiger partial charge in [0.25, 0.3) is 0 Å². The summed E-state index contributed by atoms with van der Waals surface area (Å²) in [6.45, 7) is 3.39. The quantitative estimate of drug-likeness (QED) is 0.625. The highest BCUT2D eigenvalue weighted by Gasteiger charge is 2.24. The van der Waals surface area contributed by atoms with Crippen molar-refractivity contribution in [2.75, 3.05) is 6.54 Å². The minimum Gasteiger partial charge on any atom is -0.347 e. The maximum absolute atomic E-state index is 11.8. The third-order valence-corrected chi connectivity index (χ3v) is 2.79. The van der Waals surface area contributed by atoms with Gasteiger partial charge in [0.15, 0.2) is 5.82 Å². The van der Waals surface area contributed by atoms with Gasteiger partial charge in [-0.05, 0) is 25.3 Å². The van der Waals surface area contributed by atoms with Gasteiger partial charge in [-0.15, -0.1) is 10.2 Å². The van der Waals surface area contributed by atoms with Crippen molar-refractivity contribution >= 4 is 5.91 Å². The summed E-state index contributed by atoms with van der Waals surface area (Å²) >= 11 is 0. The molecule has 1 aromatic heterocycles. The number of carbonyl (C=O) groups excluding carboxylic acids is 1. The summed E-state index contributed by atoms with van der Waals surface area (Å²) in [6, 6.07) is -0.0874. The fourth-order valence-corrected chi connectivity index (χ4v) is 1.85. The van der Waals surface area contributed by atoms with E-state index in [2.05, 4.69) is 38.2 Å². The highest BCUT2D eigenvalue weighted by Crippen LogP contribution is 2.14. The number of carbonyl (C=O) groups is 1. The lowest BCUT2D eigenvalue weighted by atomic mass is 9.94. The molecule has 16 heavy (non-hydrogen) atoms. The van der Waals surface area contributed by atoms with Gasteiger partial charge in [0.1, 0.15) is 0 Å². The van der Waals surface area contributed by atoms with Crippen molar-refractivity contribution in [3.8, 4) is 0 Å². The van der Waals surface area contributed by atoms with E-state index in [4.69, 9.17) is 0 Å². The number of aromatic amines is 1. The molecular formula is C9H16N6O. The van der Waals surface area contributed by atoms with E-state index in [9.17, 15) is 4.79 Å². The number of tetrazole rings is 1. The summed E-state index contributed by atoms with van der Waals surface area (Å²) in [5.74, 6) is 1.11. The summed E-state index contributed by atoms with van der Waals surface area (Å²) in [7, 11) is 0. The van der Waals surface area contributed by atoms with Crippen LogP contribution >= 0.6 is 0 Å². The normalized spacial score (nSPS) is 25.3. The Morgan fingerprint density at radius 3 is 3.19 bits per heavy atom. The highest BCUT2D eigenvalue weighted by molar-refractivity contribution is 5.81. The van der Waals surface area contributed by atoms with Crippen molar-refractivity contribution in [1.82, 2.24) is 31.3 Å². The molecule has 0 radical (unpaired) electrons. The van der Waals surface area contributed by atoms with E-state index in [1.165, 1.54) is 0 Å². The third kappa shape index (κ3) is 2.75. The smallest absolute Gasteiger partial charge is 0.237 e. The van der Waals surface area contributed by atoms with E-state index >= 15 is 0 Å². The first kappa shape index (κ1) is 11.0. The van der Waals surface area contributed by atoms with Crippen LogP contribution in [0.2, 0.25) is 0 Å². The van der Waals surface area contributed by atoms with Gasteiger partial charge in [-0.3, -0.25) is 4.79 Å². The molecular weight excluding hydrogens is 208 g/mol. The Kier molecular flexibility index (Phi) is 3.45. The first-order chi connectivity index (χ1) is 7.75. The maximum Gasteiger partial charge on any atom is 0.237 e. The molecule has 0 aliphatic carbocycles. The molecule has 7 heteroatoms. The molecule has 0 saturated carbocycles. The van der Waals surface area contributed by atoms with Crippen molar-refractivity contribution in [2.45, 2.75) is 32.4 Å². The first-order valence-electron chi connectivity index (χ1n) is 5.49. The number of piperidine rings is 1. The van der Waals surface area contributed by atoms with Gasteiger partial charge in [0, 0.05) is 0 Å². The summed E-state index contributed by atoms with van der Waals surface area (Å²) in [5, 5.41) is 19.3. The molecule has 1 aromatic rings. The standard InChI is InChI=1S/C9H16N6O/c1-6-2-3-10-7(4-6)9(16)11-5-8-12-14-15-13-8/h6-7,10H,2-5H2,1H3,(H,11,16)(H,12,13,14,15). The van der Waals surface area contributed by atoms with Crippen LogP contribution in [-0.2, 0) is 11.3 Å². The van der Waals surface area contributed by atoms with E-state index in [1.807, 2.05) is 0 Å². The topological polar surface area (TPSA) is 95.6 Å². The molecule has 2 unspecified atom stereocenters. The predicted octanol–water partition coefficient (Wildman–Crippen LogP) is -0.796. The molecule has 1 aliphatic heterocycles. The van der Waals surface area contributed by atoms with Crippen molar-refractivity contribution < 1.29 is 4.79 Å². The number of H-pyrrole nitrogens is 1. The molecule has 1 saturated heterocycles. The third-order valence-electron chi connectivity index (χ3n) is 2.79. The Hall–Kier alpha value is -1.50. The largest absolute Gasteiger partial charge is 0.347 e. The molecule has 0 aromatic carbocycles. The van der Waals surface area contributed by atoms with E-state index < -0.39 is 0 Å². The first-order valence-corrected chi connectivity index (χ1v) is 5.49. The molecule has 1 aliphatic rings. The number of rotatable bonds is 3. The number of hydrogen-bond donors (Lipinski definition) is 3. The van der Waals surface area contributed by atoms with Crippen LogP contribution in [0.5, 0.6) is 0 Å². The molecule has 1 fully saturated rings. The van der Waals surface area contributed by atoms with Crippen LogP contribution in [0.1, 0.15) is 25.6 Å². The predicted molar refractivity (Wildman–Crippen MR) is 56.2 cm³/mol. The van der Waals surface area contributed by atoms with Crippen LogP contribution in [0.25, 0.3) is 0 Å². The number of hydrogen-bond acceptors (Lipinski definition) is 5. The van der Waals surface area contributed by atoms with Crippen LogP contribution < -0.4 is 10.6 Å². The summed E-state index contributed by atoms with van der Waals surface area (Å²) in [4.78, 5) is 11.8. The molecule has 0 bridgehead atoms. The van der Waals surface area contributed by atoms with Gasteiger partial charge in [0.05, 0.1) is 12.6 Å². The van der Waals surface area contributed by atoms with Gasteiger partial charge < -0.3 is 10.6 Å². The SMILES string of the molecule is CC1CCNC(C(=O)NCc2nn[nH]n2)C1. The highest BCUT2D eigenvalue weighted by atomic mass is 16.2. The number of nitrogens with one attached hydrogen (secondary N) is 3. The van der Waals surface area contributed by atoms with E-state index in [0.29, 0.717) is 18.3 Å². The van der Waals surface area contributed by atoms with Gasteiger partial charge in [0.2, 0.25) is 5.91 Å². The molecule has 3 N–H and O–H groups in total. The zero-order valence-corrected chi connectivity index (χ0v) is 9.23. The minimum absolute atomic E-state index is 0.0105. The Labute approximate surface area is 93.4 Å².